The molecule has 0 saturated heterocycles. The summed E-state index contributed by atoms with van der Waals surface area (Å²) in [6, 6.07) is 6.74. The van der Waals surface area contributed by atoms with Crippen LogP contribution in [0, 0.1) is 0 Å². The van der Waals surface area contributed by atoms with Crippen LogP contribution in [0.4, 0.5) is 5.69 Å². The number of nitrogens with one attached hydrogen (secondary N) is 1. The maximum absolute atomic E-state index is 12.3. The second-order valence-corrected chi connectivity index (χ2v) is 7.01. The fourth-order valence-electron chi connectivity index (χ4n) is 4.60. The molecular formula is C18H20N4O. The van der Waals surface area contributed by atoms with Gasteiger partial charge in [0.05, 0.1) is 17.1 Å². The third-order valence-electron chi connectivity index (χ3n) is 5.68. The Balaban J connectivity index is 1.65. The molecule has 5 heteroatoms. The van der Waals surface area contributed by atoms with Gasteiger partial charge in [-0.15, -0.1) is 10.2 Å². The average Bonchev–Trinajstić information content (AvgIpc) is 2.91. The van der Waals surface area contributed by atoms with Crippen molar-refractivity contribution >= 4 is 16.5 Å². The molecule has 0 bridgehead atoms. The molecule has 3 heterocycles. The summed E-state index contributed by atoms with van der Waals surface area (Å²) in [5.41, 5.74) is 3.03. The number of hydrogen-bond donors (Lipinski definition) is 1. The standard InChI is InChI=1S/C18H20N4O/c23-18-12-7-4-8-13-16(12)17-14(19-13)9-22(10-15(17)20-21-18)11-5-2-1-3-6-11/h4,7-8,11,14,19H,1-3,5-6,9-10H2. The van der Waals surface area contributed by atoms with Gasteiger partial charge < -0.3 is 5.32 Å². The average molecular weight is 308 g/mol. The van der Waals surface area contributed by atoms with E-state index >= 15 is 0 Å². The molecule has 2 aromatic rings. The molecule has 1 saturated carbocycles. The summed E-state index contributed by atoms with van der Waals surface area (Å²) in [5, 5.41) is 13.7. The highest BCUT2D eigenvalue weighted by atomic mass is 16.1. The second-order valence-electron chi connectivity index (χ2n) is 7.01. The molecule has 1 aromatic carbocycles. The molecular weight excluding hydrogens is 288 g/mol. The molecule has 5 rings (SSSR count). The Kier molecular flexibility index (Phi) is 2.92. The van der Waals surface area contributed by atoms with Gasteiger partial charge in [-0.3, -0.25) is 9.69 Å². The molecule has 1 atom stereocenters. The van der Waals surface area contributed by atoms with E-state index in [0.717, 1.165) is 29.9 Å². The van der Waals surface area contributed by atoms with E-state index in [1.165, 1.54) is 37.7 Å². The van der Waals surface area contributed by atoms with E-state index in [2.05, 4.69) is 26.5 Å². The predicted octanol–water partition coefficient (Wildman–Crippen LogP) is 2.60. The molecule has 0 amide bonds. The molecule has 1 fully saturated rings. The minimum Gasteiger partial charge on any atom is -0.376 e. The molecule has 23 heavy (non-hydrogen) atoms. The first-order valence-electron chi connectivity index (χ1n) is 8.64. The summed E-state index contributed by atoms with van der Waals surface area (Å²) in [6.07, 6.45) is 6.58. The van der Waals surface area contributed by atoms with Crippen molar-refractivity contribution in [1.29, 1.82) is 0 Å². The van der Waals surface area contributed by atoms with Gasteiger partial charge in [0.25, 0.3) is 5.56 Å². The molecule has 1 N–H and O–H groups in total. The lowest BCUT2D eigenvalue weighted by Gasteiger charge is -2.39. The van der Waals surface area contributed by atoms with Crippen LogP contribution >= 0.6 is 0 Å². The Morgan fingerprint density at radius 2 is 2.00 bits per heavy atom. The van der Waals surface area contributed by atoms with Crippen LogP contribution in [0.25, 0.3) is 10.8 Å². The Bertz CT molecular complexity index is 844. The molecule has 1 aromatic heterocycles. The smallest absolute Gasteiger partial charge is 0.296 e. The lowest BCUT2D eigenvalue weighted by molar-refractivity contribution is 0.131. The van der Waals surface area contributed by atoms with Crippen LogP contribution in [0.2, 0.25) is 0 Å². The summed E-state index contributed by atoms with van der Waals surface area (Å²) >= 11 is 0. The third kappa shape index (κ3) is 1.99. The lowest BCUT2D eigenvalue weighted by atomic mass is 9.91. The zero-order valence-corrected chi connectivity index (χ0v) is 13.1. The summed E-state index contributed by atoms with van der Waals surface area (Å²) in [7, 11) is 0. The van der Waals surface area contributed by atoms with E-state index in [1.807, 2.05) is 12.1 Å². The molecule has 0 spiro atoms. The van der Waals surface area contributed by atoms with Crippen LogP contribution in [0.1, 0.15) is 49.4 Å². The predicted molar refractivity (Wildman–Crippen MR) is 89.5 cm³/mol. The summed E-state index contributed by atoms with van der Waals surface area (Å²) in [5.74, 6) is 0. The highest BCUT2D eigenvalue weighted by Gasteiger charge is 2.36. The van der Waals surface area contributed by atoms with Crippen molar-refractivity contribution in [3.63, 3.8) is 0 Å². The third-order valence-corrected chi connectivity index (χ3v) is 5.68. The lowest BCUT2D eigenvalue weighted by Crippen LogP contribution is -2.43. The SMILES string of the molecule is O=c1nnc2c3c4c(cccc14)NC3CN(C1CCCCC1)C2. The molecule has 1 aliphatic carbocycles. The van der Waals surface area contributed by atoms with Gasteiger partial charge in [-0.1, -0.05) is 25.3 Å². The zero-order valence-electron chi connectivity index (χ0n) is 13.1. The van der Waals surface area contributed by atoms with Crippen LogP contribution < -0.4 is 10.9 Å². The van der Waals surface area contributed by atoms with Gasteiger partial charge in [0.15, 0.2) is 0 Å². The minimum atomic E-state index is -0.220. The zero-order chi connectivity index (χ0) is 15.4. The number of benzene rings is 1. The van der Waals surface area contributed by atoms with Crippen molar-refractivity contribution in [3.05, 3.63) is 39.8 Å². The normalized spacial score (nSPS) is 23.9. The second kappa shape index (κ2) is 4.99. The summed E-state index contributed by atoms with van der Waals surface area (Å²) in [6.45, 7) is 1.82. The largest absolute Gasteiger partial charge is 0.376 e. The number of anilines is 1. The quantitative estimate of drug-likeness (QED) is 0.877. The first-order valence-corrected chi connectivity index (χ1v) is 8.64. The molecule has 3 aliphatic rings. The van der Waals surface area contributed by atoms with Crippen molar-refractivity contribution in [2.45, 2.75) is 50.7 Å². The fraction of sp³-hybridized carbons (Fsp3) is 0.500. The topological polar surface area (TPSA) is 58.1 Å². The van der Waals surface area contributed by atoms with Crippen LogP contribution in [-0.2, 0) is 6.54 Å². The van der Waals surface area contributed by atoms with Gasteiger partial charge in [-0.2, -0.15) is 0 Å². The van der Waals surface area contributed by atoms with Gasteiger partial charge in [-0.05, 0) is 25.0 Å². The van der Waals surface area contributed by atoms with Gasteiger partial charge in [0, 0.05) is 35.8 Å². The number of aromatic nitrogens is 2. The molecule has 5 nitrogen and oxygen atoms in total. The van der Waals surface area contributed by atoms with E-state index in [4.69, 9.17) is 0 Å². The minimum absolute atomic E-state index is 0.220. The highest BCUT2D eigenvalue weighted by molar-refractivity contribution is 5.99. The Hall–Kier alpha value is -2.01. The fourth-order valence-corrected chi connectivity index (χ4v) is 4.60. The number of hydrogen-bond acceptors (Lipinski definition) is 5. The van der Waals surface area contributed by atoms with Crippen molar-refractivity contribution < 1.29 is 0 Å². The Labute approximate surface area is 134 Å². The molecule has 0 radical (unpaired) electrons. The van der Waals surface area contributed by atoms with E-state index < -0.39 is 0 Å². The highest BCUT2D eigenvalue weighted by Crippen LogP contribution is 2.42. The monoisotopic (exact) mass is 308 g/mol. The first-order chi connectivity index (χ1) is 11.3. The number of nitrogens with zero attached hydrogens (tertiary/aromatic N) is 3. The van der Waals surface area contributed by atoms with E-state index in [0.29, 0.717) is 11.4 Å². The van der Waals surface area contributed by atoms with Crippen LogP contribution in [0.15, 0.2) is 23.0 Å². The van der Waals surface area contributed by atoms with E-state index in [1.54, 1.807) is 0 Å². The van der Waals surface area contributed by atoms with E-state index in [9.17, 15) is 4.79 Å². The maximum Gasteiger partial charge on any atom is 0.296 e. The Morgan fingerprint density at radius 3 is 2.87 bits per heavy atom. The van der Waals surface area contributed by atoms with Crippen LogP contribution in [-0.4, -0.2) is 27.7 Å². The molecule has 118 valence electrons. The van der Waals surface area contributed by atoms with Crippen molar-refractivity contribution in [2.24, 2.45) is 0 Å². The van der Waals surface area contributed by atoms with Crippen molar-refractivity contribution in [1.82, 2.24) is 15.1 Å². The maximum atomic E-state index is 12.3. The van der Waals surface area contributed by atoms with Gasteiger partial charge in [-0.25, -0.2) is 0 Å². The summed E-state index contributed by atoms with van der Waals surface area (Å²) in [4.78, 5) is 14.8. The van der Waals surface area contributed by atoms with Gasteiger partial charge in [0.1, 0.15) is 0 Å². The van der Waals surface area contributed by atoms with E-state index in [-0.39, 0.29) is 11.6 Å². The van der Waals surface area contributed by atoms with Crippen LogP contribution in [0.3, 0.4) is 0 Å². The Morgan fingerprint density at radius 1 is 1.13 bits per heavy atom. The van der Waals surface area contributed by atoms with Gasteiger partial charge in [0.2, 0.25) is 0 Å². The number of rotatable bonds is 1. The van der Waals surface area contributed by atoms with Crippen LogP contribution in [0.5, 0.6) is 0 Å². The first kappa shape index (κ1) is 13.4. The van der Waals surface area contributed by atoms with Crippen molar-refractivity contribution in [3.8, 4) is 0 Å². The summed E-state index contributed by atoms with van der Waals surface area (Å²) < 4.78 is 0. The molecule has 2 aliphatic heterocycles. The van der Waals surface area contributed by atoms with Gasteiger partial charge >= 0.3 is 0 Å². The molecule has 1 unspecified atom stereocenters. The van der Waals surface area contributed by atoms with Crippen molar-refractivity contribution in [2.75, 3.05) is 11.9 Å².